The topological polar surface area (TPSA) is 24.5 Å². The molecule has 20 heavy (non-hydrogen) atoms. The first-order valence-corrected chi connectivity index (χ1v) is 7.93. The summed E-state index contributed by atoms with van der Waals surface area (Å²) in [5, 5.41) is 3.45. The van der Waals surface area contributed by atoms with Gasteiger partial charge in [0.1, 0.15) is 5.75 Å². The van der Waals surface area contributed by atoms with Gasteiger partial charge in [-0.05, 0) is 57.0 Å². The molecule has 0 aliphatic carbocycles. The van der Waals surface area contributed by atoms with Crippen molar-refractivity contribution in [1.29, 1.82) is 0 Å². The zero-order valence-corrected chi connectivity index (χ0v) is 13.1. The van der Waals surface area contributed by atoms with Crippen molar-refractivity contribution < 1.29 is 4.74 Å². The number of ether oxygens (including phenoxy) is 1. The molecule has 0 aromatic heterocycles. The Hall–Kier alpha value is -1.22. The van der Waals surface area contributed by atoms with Gasteiger partial charge in [-0.25, -0.2) is 0 Å². The van der Waals surface area contributed by atoms with Crippen molar-refractivity contribution in [1.82, 2.24) is 5.32 Å². The van der Waals surface area contributed by atoms with Crippen LogP contribution in [0.1, 0.15) is 38.7 Å². The van der Waals surface area contributed by atoms with E-state index in [4.69, 9.17) is 4.74 Å². The van der Waals surface area contributed by atoms with Gasteiger partial charge in [0.15, 0.2) is 0 Å². The van der Waals surface area contributed by atoms with Crippen LogP contribution in [-0.4, -0.2) is 32.3 Å². The fraction of sp³-hybridized carbons (Fsp3) is 0.647. The normalized spacial score (nSPS) is 17.6. The van der Waals surface area contributed by atoms with Gasteiger partial charge in [-0.1, -0.05) is 13.3 Å². The first-order chi connectivity index (χ1) is 9.70. The van der Waals surface area contributed by atoms with E-state index in [0.717, 1.165) is 38.3 Å². The number of hydrogen-bond donors (Lipinski definition) is 1. The summed E-state index contributed by atoms with van der Waals surface area (Å²) >= 11 is 0. The molecule has 3 heteroatoms. The molecule has 112 valence electrons. The van der Waals surface area contributed by atoms with Gasteiger partial charge in [-0.3, -0.25) is 0 Å². The molecule has 0 saturated carbocycles. The SMILES string of the molecule is CCCC(C)Oc1ccc(N2CCCNCC2)c(C)c1. The quantitative estimate of drug-likeness (QED) is 0.892. The Morgan fingerprint density at radius 2 is 2.15 bits per heavy atom. The number of benzene rings is 1. The molecular formula is C17H28N2O. The van der Waals surface area contributed by atoms with Crippen molar-refractivity contribution in [3.63, 3.8) is 0 Å². The summed E-state index contributed by atoms with van der Waals surface area (Å²) in [6, 6.07) is 6.52. The fourth-order valence-electron chi connectivity index (χ4n) is 2.84. The van der Waals surface area contributed by atoms with Crippen molar-refractivity contribution in [2.45, 2.75) is 46.1 Å². The molecule has 1 aromatic rings. The minimum absolute atomic E-state index is 0.299. The lowest BCUT2D eigenvalue weighted by Gasteiger charge is -2.25. The first kappa shape index (κ1) is 15.2. The molecule has 1 fully saturated rings. The van der Waals surface area contributed by atoms with Crippen LogP contribution in [0.25, 0.3) is 0 Å². The maximum atomic E-state index is 5.97. The minimum atomic E-state index is 0.299. The van der Waals surface area contributed by atoms with Crippen molar-refractivity contribution in [2.24, 2.45) is 0 Å². The molecule has 1 aliphatic heterocycles. The lowest BCUT2D eigenvalue weighted by Crippen LogP contribution is -2.28. The highest BCUT2D eigenvalue weighted by atomic mass is 16.5. The number of nitrogens with zero attached hydrogens (tertiary/aromatic N) is 1. The van der Waals surface area contributed by atoms with Gasteiger partial charge in [-0.15, -0.1) is 0 Å². The number of hydrogen-bond acceptors (Lipinski definition) is 3. The van der Waals surface area contributed by atoms with Crippen molar-refractivity contribution >= 4 is 5.69 Å². The van der Waals surface area contributed by atoms with Crippen molar-refractivity contribution in [3.05, 3.63) is 23.8 Å². The van der Waals surface area contributed by atoms with Crippen LogP contribution in [0.3, 0.4) is 0 Å². The predicted octanol–water partition coefficient (Wildman–Crippen LogP) is 3.36. The summed E-state index contributed by atoms with van der Waals surface area (Å²) in [7, 11) is 0. The summed E-state index contributed by atoms with van der Waals surface area (Å²) in [5.41, 5.74) is 2.66. The molecular weight excluding hydrogens is 248 g/mol. The van der Waals surface area contributed by atoms with Crippen LogP contribution in [0.2, 0.25) is 0 Å². The van der Waals surface area contributed by atoms with E-state index >= 15 is 0 Å². The van der Waals surface area contributed by atoms with Gasteiger partial charge in [0.2, 0.25) is 0 Å². The molecule has 3 nitrogen and oxygen atoms in total. The zero-order valence-electron chi connectivity index (χ0n) is 13.1. The van der Waals surface area contributed by atoms with E-state index in [-0.39, 0.29) is 0 Å². The van der Waals surface area contributed by atoms with Gasteiger partial charge >= 0.3 is 0 Å². The van der Waals surface area contributed by atoms with Gasteiger partial charge in [0, 0.05) is 25.3 Å². The Bertz CT molecular complexity index is 411. The predicted molar refractivity (Wildman–Crippen MR) is 85.9 cm³/mol. The molecule has 0 radical (unpaired) electrons. The summed E-state index contributed by atoms with van der Waals surface area (Å²) in [6.45, 7) is 11.0. The molecule has 0 spiro atoms. The standard InChI is InChI=1S/C17H28N2O/c1-4-6-15(3)20-16-7-8-17(14(2)13-16)19-11-5-9-18-10-12-19/h7-8,13,15,18H,4-6,9-12H2,1-3H3. The maximum Gasteiger partial charge on any atom is 0.120 e. The second kappa shape index (κ2) is 7.53. The Morgan fingerprint density at radius 1 is 1.30 bits per heavy atom. The monoisotopic (exact) mass is 276 g/mol. The molecule has 1 saturated heterocycles. The Labute approximate surface area is 123 Å². The molecule has 0 bridgehead atoms. The second-order valence-corrected chi connectivity index (χ2v) is 5.76. The van der Waals surface area contributed by atoms with Crippen LogP contribution in [0.5, 0.6) is 5.75 Å². The first-order valence-electron chi connectivity index (χ1n) is 7.93. The van der Waals surface area contributed by atoms with Crippen LogP contribution in [-0.2, 0) is 0 Å². The highest BCUT2D eigenvalue weighted by molar-refractivity contribution is 5.56. The van der Waals surface area contributed by atoms with Crippen molar-refractivity contribution in [2.75, 3.05) is 31.1 Å². The van der Waals surface area contributed by atoms with Crippen LogP contribution in [0.4, 0.5) is 5.69 Å². The summed E-state index contributed by atoms with van der Waals surface area (Å²) in [6.07, 6.45) is 3.79. The number of rotatable bonds is 5. The third-order valence-corrected chi connectivity index (χ3v) is 3.88. The van der Waals surface area contributed by atoms with Crippen LogP contribution in [0.15, 0.2) is 18.2 Å². The second-order valence-electron chi connectivity index (χ2n) is 5.76. The van der Waals surface area contributed by atoms with E-state index in [1.807, 2.05) is 0 Å². The van der Waals surface area contributed by atoms with E-state index in [0.29, 0.717) is 6.10 Å². The van der Waals surface area contributed by atoms with E-state index in [9.17, 15) is 0 Å². The molecule has 2 rings (SSSR count). The highest BCUT2D eigenvalue weighted by Gasteiger charge is 2.12. The Kier molecular flexibility index (Phi) is 5.72. The Balaban J connectivity index is 2.04. The minimum Gasteiger partial charge on any atom is -0.491 e. The zero-order chi connectivity index (χ0) is 14.4. The molecule has 1 unspecified atom stereocenters. The van der Waals surface area contributed by atoms with Gasteiger partial charge < -0.3 is 15.0 Å². The van der Waals surface area contributed by atoms with Crippen LogP contribution >= 0.6 is 0 Å². The average molecular weight is 276 g/mol. The van der Waals surface area contributed by atoms with E-state index in [2.05, 4.69) is 49.2 Å². The van der Waals surface area contributed by atoms with Crippen molar-refractivity contribution in [3.8, 4) is 5.75 Å². The third-order valence-electron chi connectivity index (χ3n) is 3.88. The average Bonchev–Trinajstić information content (AvgIpc) is 2.68. The molecule has 1 atom stereocenters. The molecule has 1 heterocycles. The third kappa shape index (κ3) is 4.14. The molecule has 0 amide bonds. The maximum absolute atomic E-state index is 5.97. The van der Waals surface area contributed by atoms with E-state index in [1.165, 1.54) is 24.1 Å². The van der Waals surface area contributed by atoms with Gasteiger partial charge in [-0.2, -0.15) is 0 Å². The Morgan fingerprint density at radius 3 is 2.90 bits per heavy atom. The molecule has 1 aromatic carbocycles. The summed E-state index contributed by atoms with van der Waals surface area (Å²) in [5.74, 6) is 1.00. The number of aryl methyl sites for hydroxylation is 1. The summed E-state index contributed by atoms with van der Waals surface area (Å²) in [4.78, 5) is 2.48. The van der Waals surface area contributed by atoms with Gasteiger partial charge in [0.05, 0.1) is 6.10 Å². The van der Waals surface area contributed by atoms with Crippen LogP contribution in [0, 0.1) is 6.92 Å². The molecule has 1 N–H and O–H groups in total. The summed E-state index contributed by atoms with van der Waals surface area (Å²) < 4.78 is 5.97. The largest absolute Gasteiger partial charge is 0.491 e. The van der Waals surface area contributed by atoms with Gasteiger partial charge in [0.25, 0.3) is 0 Å². The highest BCUT2D eigenvalue weighted by Crippen LogP contribution is 2.26. The lowest BCUT2D eigenvalue weighted by molar-refractivity contribution is 0.210. The van der Waals surface area contributed by atoms with Crippen LogP contribution < -0.4 is 15.0 Å². The number of nitrogens with one attached hydrogen (secondary N) is 1. The fourth-order valence-corrected chi connectivity index (χ4v) is 2.84. The number of anilines is 1. The lowest BCUT2D eigenvalue weighted by atomic mass is 10.1. The van der Waals surface area contributed by atoms with E-state index < -0.39 is 0 Å². The molecule has 1 aliphatic rings. The van der Waals surface area contributed by atoms with E-state index in [1.54, 1.807) is 0 Å². The smallest absolute Gasteiger partial charge is 0.120 e.